The number of rotatable bonds is 4. The Hall–Kier alpha value is -2.81. The summed E-state index contributed by atoms with van der Waals surface area (Å²) in [5, 5.41) is 11.0. The summed E-state index contributed by atoms with van der Waals surface area (Å²) in [6.45, 7) is 4.60. The van der Waals surface area contributed by atoms with E-state index in [9.17, 15) is 14.4 Å². The predicted molar refractivity (Wildman–Crippen MR) is 123 cm³/mol. The second-order valence-corrected chi connectivity index (χ2v) is 9.54. The molecule has 2 fully saturated rings. The molecule has 2 saturated heterocycles. The van der Waals surface area contributed by atoms with E-state index in [1.165, 1.54) is 12.8 Å². The highest BCUT2D eigenvalue weighted by molar-refractivity contribution is 7.15. The smallest absolute Gasteiger partial charge is 0.286 e. The zero-order valence-corrected chi connectivity index (χ0v) is 19.2. The largest absolute Gasteiger partial charge is 0.342 e. The molecule has 8 nitrogen and oxygen atoms in total. The number of nitrogens with zero attached hydrogens (tertiary/aromatic N) is 4. The number of aromatic nitrogens is 2. The minimum atomic E-state index is -0.390. The van der Waals surface area contributed by atoms with E-state index in [-0.39, 0.29) is 27.7 Å². The summed E-state index contributed by atoms with van der Waals surface area (Å²) in [5.74, 6) is -0.647. The molecule has 170 valence electrons. The first-order chi connectivity index (χ1) is 15.5. The Morgan fingerprint density at radius 2 is 1.56 bits per heavy atom. The lowest BCUT2D eigenvalue weighted by atomic mass is 9.96. The summed E-state index contributed by atoms with van der Waals surface area (Å²) in [4.78, 5) is 42.2. The van der Waals surface area contributed by atoms with Gasteiger partial charge in [-0.05, 0) is 44.7 Å². The van der Waals surface area contributed by atoms with Crippen LogP contribution in [-0.4, -0.2) is 63.9 Å². The van der Waals surface area contributed by atoms with Gasteiger partial charge >= 0.3 is 0 Å². The first-order valence-electron chi connectivity index (χ1n) is 11.3. The fourth-order valence-corrected chi connectivity index (χ4v) is 4.98. The minimum Gasteiger partial charge on any atom is -0.342 e. The highest BCUT2D eigenvalue weighted by Gasteiger charge is 2.33. The van der Waals surface area contributed by atoms with Crippen LogP contribution in [0.5, 0.6) is 0 Å². The van der Waals surface area contributed by atoms with Crippen molar-refractivity contribution in [1.29, 1.82) is 0 Å². The van der Waals surface area contributed by atoms with Gasteiger partial charge in [0.2, 0.25) is 15.9 Å². The molecule has 3 heterocycles. The first kappa shape index (κ1) is 22.4. The highest BCUT2D eigenvalue weighted by atomic mass is 32.1. The number of hydrogen-bond acceptors (Lipinski definition) is 6. The van der Waals surface area contributed by atoms with E-state index >= 15 is 0 Å². The number of carbonyl (C=O) groups is 3. The topological polar surface area (TPSA) is 95.5 Å². The highest BCUT2D eigenvalue weighted by Crippen LogP contribution is 2.23. The number of benzene rings is 1. The van der Waals surface area contributed by atoms with Crippen LogP contribution < -0.4 is 5.32 Å². The molecule has 9 heteroatoms. The molecule has 3 amide bonds. The Bertz CT molecular complexity index is 966. The number of hydrogen-bond donors (Lipinski definition) is 1. The zero-order chi connectivity index (χ0) is 22.5. The maximum Gasteiger partial charge on any atom is 0.286 e. The van der Waals surface area contributed by atoms with Gasteiger partial charge < -0.3 is 15.1 Å². The van der Waals surface area contributed by atoms with Crippen molar-refractivity contribution in [2.24, 2.45) is 5.92 Å². The lowest BCUT2D eigenvalue weighted by molar-refractivity contribution is -0.136. The number of carbonyl (C=O) groups excluding carboxylic acids is 3. The average molecular weight is 456 g/mol. The van der Waals surface area contributed by atoms with Crippen molar-refractivity contribution in [3.8, 4) is 0 Å². The number of amides is 3. The fourth-order valence-electron chi connectivity index (χ4n) is 4.27. The molecule has 0 unspecified atom stereocenters. The van der Waals surface area contributed by atoms with Gasteiger partial charge in [-0.25, -0.2) is 0 Å². The molecule has 1 aromatic carbocycles. The Morgan fingerprint density at radius 1 is 0.906 bits per heavy atom. The van der Waals surface area contributed by atoms with E-state index < -0.39 is 5.91 Å². The molecular formula is C23H29N5O3S. The first-order valence-corrected chi connectivity index (χ1v) is 12.1. The van der Waals surface area contributed by atoms with Crippen LogP contribution in [0.2, 0.25) is 0 Å². The molecule has 0 bridgehead atoms. The second kappa shape index (κ2) is 10.2. The SMILES string of the molecule is Cc1ccc(NC(=O)c2nnc(C(=O)N3CCC[C@@H](C(=O)N4CCCCCC4)C3)s2)cc1. The number of piperidine rings is 1. The average Bonchev–Trinajstić information content (AvgIpc) is 3.15. The van der Waals surface area contributed by atoms with Gasteiger partial charge in [0.1, 0.15) is 0 Å². The predicted octanol–water partition coefficient (Wildman–Crippen LogP) is 3.35. The van der Waals surface area contributed by atoms with Crippen LogP contribution in [0.1, 0.15) is 63.7 Å². The van der Waals surface area contributed by atoms with Crippen LogP contribution >= 0.6 is 11.3 Å². The van der Waals surface area contributed by atoms with Gasteiger partial charge in [-0.3, -0.25) is 14.4 Å². The Balaban J connectivity index is 1.37. The summed E-state index contributed by atoms with van der Waals surface area (Å²) < 4.78 is 0. The molecule has 0 radical (unpaired) electrons. The molecule has 2 aliphatic rings. The van der Waals surface area contributed by atoms with Crippen molar-refractivity contribution < 1.29 is 14.4 Å². The van der Waals surface area contributed by atoms with E-state index in [0.29, 0.717) is 18.8 Å². The molecular weight excluding hydrogens is 426 g/mol. The van der Waals surface area contributed by atoms with Crippen molar-refractivity contribution >= 4 is 34.7 Å². The Labute approximate surface area is 192 Å². The molecule has 1 N–H and O–H groups in total. The van der Waals surface area contributed by atoms with Crippen molar-refractivity contribution in [3.63, 3.8) is 0 Å². The molecule has 2 aliphatic heterocycles. The maximum absolute atomic E-state index is 13.0. The minimum absolute atomic E-state index is 0.142. The van der Waals surface area contributed by atoms with Crippen LogP contribution in [0.15, 0.2) is 24.3 Å². The molecule has 0 spiro atoms. The molecule has 0 saturated carbocycles. The van der Waals surface area contributed by atoms with Crippen molar-refractivity contribution in [2.45, 2.75) is 45.4 Å². The van der Waals surface area contributed by atoms with E-state index in [0.717, 1.165) is 55.7 Å². The van der Waals surface area contributed by atoms with Crippen LogP contribution in [0.25, 0.3) is 0 Å². The van der Waals surface area contributed by atoms with E-state index in [4.69, 9.17) is 0 Å². The standard InChI is InChI=1S/C23H29N5O3S/c1-16-8-10-18(11-9-16)24-19(29)20-25-26-21(32-20)23(31)28-14-6-7-17(15-28)22(30)27-12-4-2-3-5-13-27/h8-11,17H,2-7,12-15H2,1H3,(H,24,29)/t17-/m1/s1. The van der Waals surface area contributed by atoms with Crippen LogP contribution in [0, 0.1) is 12.8 Å². The zero-order valence-electron chi connectivity index (χ0n) is 18.4. The number of likely N-dealkylation sites (tertiary alicyclic amines) is 2. The van der Waals surface area contributed by atoms with Gasteiger partial charge in [0.05, 0.1) is 5.92 Å². The fraction of sp³-hybridized carbons (Fsp3) is 0.522. The lowest BCUT2D eigenvalue weighted by Gasteiger charge is -2.34. The molecule has 0 aliphatic carbocycles. The summed E-state index contributed by atoms with van der Waals surface area (Å²) in [5.41, 5.74) is 1.76. The summed E-state index contributed by atoms with van der Waals surface area (Å²) in [6, 6.07) is 7.44. The molecule has 32 heavy (non-hydrogen) atoms. The van der Waals surface area contributed by atoms with Crippen LogP contribution in [-0.2, 0) is 4.79 Å². The van der Waals surface area contributed by atoms with Crippen molar-refractivity contribution in [3.05, 3.63) is 39.8 Å². The summed E-state index contributed by atoms with van der Waals surface area (Å²) in [7, 11) is 0. The Kier molecular flexibility index (Phi) is 7.14. The van der Waals surface area contributed by atoms with E-state index in [1.807, 2.05) is 36.1 Å². The Morgan fingerprint density at radius 3 is 2.28 bits per heavy atom. The van der Waals surface area contributed by atoms with Crippen LogP contribution in [0.3, 0.4) is 0 Å². The van der Waals surface area contributed by atoms with Crippen molar-refractivity contribution in [1.82, 2.24) is 20.0 Å². The van der Waals surface area contributed by atoms with Gasteiger partial charge in [0.15, 0.2) is 0 Å². The molecule has 4 rings (SSSR count). The third-order valence-corrected chi connectivity index (χ3v) is 7.00. The lowest BCUT2D eigenvalue weighted by Crippen LogP contribution is -2.47. The molecule has 1 atom stereocenters. The third kappa shape index (κ3) is 5.32. The van der Waals surface area contributed by atoms with Gasteiger partial charge in [-0.2, -0.15) is 0 Å². The molecule has 2 aromatic rings. The van der Waals surface area contributed by atoms with Gasteiger partial charge in [0.25, 0.3) is 11.8 Å². The summed E-state index contributed by atoms with van der Waals surface area (Å²) >= 11 is 0.985. The van der Waals surface area contributed by atoms with E-state index in [2.05, 4.69) is 15.5 Å². The van der Waals surface area contributed by atoms with Gasteiger partial charge in [-0.1, -0.05) is 41.9 Å². The van der Waals surface area contributed by atoms with Gasteiger partial charge in [-0.15, -0.1) is 10.2 Å². The second-order valence-electron chi connectivity index (χ2n) is 8.56. The summed E-state index contributed by atoms with van der Waals surface area (Å²) in [6.07, 6.45) is 6.06. The third-order valence-electron chi connectivity index (χ3n) is 6.09. The van der Waals surface area contributed by atoms with Gasteiger partial charge in [0, 0.05) is 31.9 Å². The van der Waals surface area contributed by atoms with E-state index in [1.54, 1.807) is 4.90 Å². The van der Waals surface area contributed by atoms with Crippen LogP contribution in [0.4, 0.5) is 5.69 Å². The maximum atomic E-state index is 13.0. The number of anilines is 1. The van der Waals surface area contributed by atoms with Crippen molar-refractivity contribution in [2.75, 3.05) is 31.5 Å². The number of aryl methyl sites for hydroxylation is 1. The normalized spacial score (nSPS) is 19.3. The quantitative estimate of drug-likeness (QED) is 0.763. The monoisotopic (exact) mass is 455 g/mol. The molecule has 1 aromatic heterocycles. The number of nitrogens with one attached hydrogen (secondary N) is 1.